The highest BCUT2D eigenvalue weighted by Gasteiger charge is 2.09. The summed E-state index contributed by atoms with van der Waals surface area (Å²) < 4.78 is 0.541. The molecule has 1 aromatic carbocycles. The summed E-state index contributed by atoms with van der Waals surface area (Å²) in [6, 6.07) is 6.72. The summed E-state index contributed by atoms with van der Waals surface area (Å²) in [7, 11) is 0. The van der Waals surface area contributed by atoms with E-state index < -0.39 is 5.97 Å². The smallest absolute Gasteiger partial charge is 0.336 e. The molecule has 2 rings (SSSR count). The molecule has 92 valence electrons. The molecule has 0 saturated heterocycles. The van der Waals surface area contributed by atoms with Crippen molar-refractivity contribution in [2.24, 2.45) is 0 Å². The van der Waals surface area contributed by atoms with Gasteiger partial charge in [0.05, 0.1) is 5.56 Å². The van der Waals surface area contributed by atoms with Crippen molar-refractivity contribution in [1.29, 1.82) is 0 Å². The number of benzene rings is 1. The van der Waals surface area contributed by atoms with Gasteiger partial charge in [-0.25, -0.2) is 14.8 Å². The molecule has 0 unspecified atom stereocenters. The van der Waals surface area contributed by atoms with E-state index in [4.69, 9.17) is 5.11 Å². The van der Waals surface area contributed by atoms with E-state index in [1.165, 1.54) is 0 Å². The Morgan fingerprint density at radius 3 is 2.83 bits per heavy atom. The second kappa shape index (κ2) is 5.14. The van der Waals surface area contributed by atoms with Crippen LogP contribution in [0.15, 0.2) is 34.9 Å². The van der Waals surface area contributed by atoms with E-state index in [1.54, 1.807) is 37.4 Å². The molecule has 0 amide bonds. The van der Waals surface area contributed by atoms with Crippen molar-refractivity contribution in [3.63, 3.8) is 0 Å². The zero-order valence-electron chi connectivity index (χ0n) is 9.51. The standard InChI is InChI=1S/C12H10BrN3O2/c1-7-14-5-4-11(15-7)16-8-2-3-10(13)9(6-8)12(17)18/h2-6H,1H3,(H,17,18)(H,14,15,16). The number of nitrogens with one attached hydrogen (secondary N) is 1. The second-order valence-corrected chi connectivity index (χ2v) is 4.47. The van der Waals surface area contributed by atoms with E-state index in [0.29, 0.717) is 21.8 Å². The average Bonchev–Trinajstić information content (AvgIpc) is 2.31. The molecule has 0 atom stereocenters. The van der Waals surface area contributed by atoms with Crippen molar-refractivity contribution < 1.29 is 9.90 Å². The molecule has 5 nitrogen and oxygen atoms in total. The fourth-order valence-corrected chi connectivity index (χ4v) is 1.86. The second-order valence-electron chi connectivity index (χ2n) is 3.61. The molecule has 0 radical (unpaired) electrons. The molecule has 2 aromatic rings. The van der Waals surface area contributed by atoms with E-state index in [9.17, 15) is 4.79 Å². The van der Waals surface area contributed by atoms with Gasteiger partial charge >= 0.3 is 5.97 Å². The van der Waals surface area contributed by atoms with E-state index in [1.807, 2.05) is 0 Å². The van der Waals surface area contributed by atoms with Crippen LogP contribution in [-0.4, -0.2) is 21.0 Å². The minimum absolute atomic E-state index is 0.200. The highest BCUT2D eigenvalue weighted by Crippen LogP contribution is 2.23. The number of aryl methyl sites for hydroxylation is 1. The normalized spacial score (nSPS) is 10.1. The Bertz CT molecular complexity index is 602. The number of carboxylic acids is 1. The predicted octanol–water partition coefficient (Wildman–Crippen LogP) is 2.99. The molecule has 1 aromatic heterocycles. The number of aromatic nitrogens is 2. The lowest BCUT2D eigenvalue weighted by atomic mass is 10.2. The van der Waals surface area contributed by atoms with Gasteiger partial charge in [0.1, 0.15) is 11.6 Å². The predicted molar refractivity (Wildman–Crippen MR) is 71.2 cm³/mol. The number of aromatic carboxylic acids is 1. The highest BCUT2D eigenvalue weighted by molar-refractivity contribution is 9.10. The first kappa shape index (κ1) is 12.5. The molecule has 0 saturated carbocycles. The van der Waals surface area contributed by atoms with Crippen LogP contribution in [-0.2, 0) is 0 Å². The van der Waals surface area contributed by atoms with Crippen molar-refractivity contribution in [2.45, 2.75) is 6.92 Å². The minimum atomic E-state index is -0.982. The van der Waals surface area contributed by atoms with Crippen molar-refractivity contribution in [1.82, 2.24) is 9.97 Å². The van der Waals surface area contributed by atoms with E-state index >= 15 is 0 Å². The van der Waals surface area contributed by atoms with Crippen LogP contribution in [0.3, 0.4) is 0 Å². The Balaban J connectivity index is 2.30. The molecule has 0 bridgehead atoms. The minimum Gasteiger partial charge on any atom is -0.478 e. The molecular weight excluding hydrogens is 298 g/mol. The zero-order valence-corrected chi connectivity index (χ0v) is 11.1. The molecular formula is C12H10BrN3O2. The molecule has 0 fully saturated rings. The summed E-state index contributed by atoms with van der Waals surface area (Å²) in [6.45, 7) is 1.79. The molecule has 0 aliphatic carbocycles. The number of rotatable bonds is 3. The Kier molecular flexibility index (Phi) is 3.57. The molecule has 1 heterocycles. The third-order valence-corrected chi connectivity index (χ3v) is 2.94. The van der Waals surface area contributed by atoms with Gasteiger partial charge in [-0.2, -0.15) is 0 Å². The summed E-state index contributed by atoms with van der Waals surface area (Å²) in [4.78, 5) is 19.2. The first-order valence-electron chi connectivity index (χ1n) is 5.16. The number of carboxylic acid groups (broad SMARTS) is 1. The van der Waals surface area contributed by atoms with E-state index in [0.717, 1.165) is 0 Å². The van der Waals surface area contributed by atoms with Gasteiger partial charge in [0, 0.05) is 16.4 Å². The maximum absolute atomic E-state index is 11.0. The molecule has 0 aliphatic heterocycles. The van der Waals surface area contributed by atoms with Gasteiger partial charge in [0.15, 0.2) is 0 Å². The van der Waals surface area contributed by atoms with Crippen LogP contribution < -0.4 is 5.32 Å². The molecule has 18 heavy (non-hydrogen) atoms. The van der Waals surface area contributed by atoms with Gasteiger partial charge in [-0.15, -0.1) is 0 Å². The summed E-state index contributed by atoms with van der Waals surface area (Å²) in [5.41, 5.74) is 0.861. The number of carbonyl (C=O) groups is 1. The van der Waals surface area contributed by atoms with Gasteiger partial charge in [-0.1, -0.05) is 0 Å². The Labute approximate surface area is 112 Å². The van der Waals surface area contributed by atoms with Crippen LogP contribution in [0.1, 0.15) is 16.2 Å². The van der Waals surface area contributed by atoms with Crippen LogP contribution in [0.2, 0.25) is 0 Å². The Morgan fingerprint density at radius 1 is 1.39 bits per heavy atom. The number of anilines is 2. The monoisotopic (exact) mass is 307 g/mol. The number of nitrogens with zero attached hydrogens (tertiary/aromatic N) is 2. The molecule has 0 spiro atoms. The van der Waals surface area contributed by atoms with Crippen LogP contribution in [0, 0.1) is 6.92 Å². The lowest BCUT2D eigenvalue weighted by molar-refractivity contribution is 0.0696. The van der Waals surface area contributed by atoms with E-state index in [-0.39, 0.29) is 5.56 Å². The van der Waals surface area contributed by atoms with Gasteiger partial charge in [0.2, 0.25) is 0 Å². The highest BCUT2D eigenvalue weighted by atomic mass is 79.9. The SMILES string of the molecule is Cc1nccc(Nc2ccc(Br)c(C(=O)O)c2)n1. The van der Waals surface area contributed by atoms with Gasteiger partial charge in [0.25, 0.3) is 0 Å². The van der Waals surface area contributed by atoms with E-state index in [2.05, 4.69) is 31.2 Å². The number of halogens is 1. The third-order valence-electron chi connectivity index (χ3n) is 2.25. The lowest BCUT2D eigenvalue weighted by Gasteiger charge is -2.07. The Hall–Kier alpha value is -1.95. The van der Waals surface area contributed by atoms with Crippen molar-refractivity contribution in [3.05, 3.63) is 46.3 Å². The van der Waals surface area contributed by atoms with Crippen LogP contribution in [0.25, 0.3) is 0 Å². The largest absolute Gasteiger partial charge is 0.478 e. The molecule has 2 N–H and O–H groups in total. The first-order valence-corrected chi connectivity index (χ1v) is 5.95. The molecule has 0 aliphatic rings. The summed E-state index contributed by atoms with van der Waals surface area (Å²) >= 11 is 3.19. The lowest BCUT2D eigenvalue weighted by Crippen LogP contribution is -2.01. The van der Waals surface area contributed by atoms with Crippen LogP contribution in [0.5, 0.6) is 0 Å². The van der Waals surface area contributed by atoms with Crippen LogP contribution in [0.4, 0.5) is 11.5 Å². The van der Waals surface area contributed by atoms with Gasteiger partial charge < -0.3 is 10.4 Å². The van der Waals surface area contributed by atoms with Crippen molar-refractivity contribution in [2.75, 3.05) is 5.32 Å². The fraction of sp³-hybridized carbons (Fsp3) is 0.0833. The van der Waals surface area contributed by atoms with Crippen molar-refractivity contribution in [3.8, 4) is 0 Å². The van der Waals surface area contributed by atoms with Gasteiger partial charge in [-0.3, -0.25) is 0 Å². The topological polar surface area (TPSA) is 75.1 Å². The molecule has 6 heteroatoms. The summed E-state index contributed by atoms with van der Waals surface area (Å²) in [6.07, 6.45) is 1.64. The quantitative estimate of drug-likeness (QED) is 0.911. The maximum atomic E-state index is 11.0. The van der Waals surface area contributed by atoms with Crippen LogP contribution >= 0.6 is 15.9 Å². The Morgan fingerprint density at radius 2 is 2.17 bits per heavy atom. The summed E-state index contributed by atoms with van der Waals surface area (Å²) in [5, 5.41) is 12.0. The average molecular weight is 308 g/mol. The van der Waals surface area contributed by atoms with Gasteiger partial charge in [-0.05, 0) is 47.1 Å². The fourth-order valence-electron chi connectivity index (χ4n) is 1.44. The first-order chi connectivity index (χ1) is 8.56. The van der Waals surface area contributed by atoms with Crippen molar-refractivity contribution >= 4 is 33.4 Å². The number of hydrogen-bond donors (Lipinski definition) is 2. The maximum Gasteiger partial charge on any atom is 0.336 e. The summed E-state index contributed by atoms with van der Waals surface area (Å²) in [5.74, 6) is 0.293. The number of hydrogen-bond acceptors (Lipinski definition) is 4. The third kappa shape index (κ3) is 2.84. The zero-order chi connectivity index (χ0) is 13.1.